The molecule has 1 aromatic rings. The van der Waals surface area contributed by atoms with Crippen molar-refractivity contribution in [3.8, 4) is 0 Å². The van der Waals surface area contributed by atoms with Gasteiger partial charge in [-0.1, -0.05) is 52.0 Å². The van der Waals surface area contributed by atoms with Crippen molar-refractivity contribution < 1.29 is 4.79 Å². The minimum atomic E-state index is 0.306. The summed E-state index contributed by atoms with van der Waals surface area (Å²) in [5.74, 6) is 1.55. The molecule has 0 bridgehead atoms. The largest absolute Gasteiger partial charge is 0.336 e. The lowest BCUT2D eigenvalue weighted by molar-refractivity contribution is -0.133. The molecule has 1 atom stereocenters. The molecule has 1 aliphatic carbocycles. The third kappa shape index (κ3) is 3.43. The molecule has 0 radical (unpaired) electrons. The lowest BCUT2D eigenvalue weighted by Crippen LogP contribution is -2.45. The second kappa shape index (κ2) is 7.13. The maximum absolute atomic E-state index is 12.9. The normalized spacial score (nSPS) is 19.9. The number of amides is 1. The van der Waals surface area contributed by atoms with Gasteiger partial charge in [-0.05, 0) is 59.8 Å². The van der Waals surface area contributed by atoms with Crippen LogP contribution in [0.5, 0.6) is 0 Å². The summed E-state index contributed by atoms with van der Waals surface area (Å²) in [6.07, 6.45) is 4.84. The van der Waals surface area contributed by atoms with Crippen molar-refractivity contribution in [2.24, 2.45) is 11.8 Å². The van der Waals surface area contributed by atoms with Gasteiger partial charge < -0.3 is 4.90 Å². The van der Waals surface area contributed by atoms with Gasteiger partial charge in [0.25, 0.3) is 0 Å². The first kappa shape index (κ1) is 17.3. The molecule has 0 spiro atoms. The Morgan fingerprint density at radius 2 is 1.92 bits per heavy atom. The monoisotopic (exact) mass is 325 g/mol. The van der Waals surface area contributed by atoms with E-state index < -0.39 is 0 Å². The van der Waals surface area contributed by atoms with Gasteiger partial charge in [0.1, 0.15) is 0 Å². The summed E-state index contributed by atoms with van der Waals surface area (Å²) < 4.78 is 0. The van der Waals surface area contributed by atoms with E-state index in [1.807, 2.05) is 0 Å². The van der Waals surface area contributed by atoms with Crippen LogP contribution in [0.2, 0.25) is 0 Å². The quantitative estimate of drug-likeness (QED) is 0.739. The topological polar surface area (TPSA) is 20.3 Å². The van der Waals surface area contributed by atoms with E-state index in [-0.39, 0.29) is 0 Å². The fourth-order valence-corrected chi connectivity index (χ4v) is 4.21. The molecule has 1 aromatic carbocycles. The van der Waals surface area contributed by atoms with Gasteiger partial charge in [-0.15, -0.1) is 0 Å². The molecule has 2 heteroatoms. The number of hydrogen-bond acceptors (Lipinski definition) is 1. The molecule has 1 aliphatic heterocycles. The van der Waals surface area contributed by atoms with Gasteiger partial charge in [0.15, 0.2) is 0 Å². The Balaban J connectivity index is 1.85. The molecule has 0 N–H and O–H groups in total. The zero-order valence-corrected chi connectivity index (χ0v) is 15.6. The number of fused-ring (bicyclic) bond motifs is 2. The first-order valence-electron chi connectivity index (χ1n) is 9.57. The minimum Gasteiger partial charge on any atom is -0.336 e. The maximum Gasteiger partial charge on any atom is 0.223 e. The molecule has 24 heavy (non-hydrogen) atoms. The zero-order valence-electron chi connectivity index (χ0n) is 15.6. The van der Waals surface area contributed by atoms with Crippen LogP contribution >= 0.6 is 0 Å². The highest BCUT2D eigenvalue weighted by molar-refractivity contribution is 5.83. The van der Waals surface area contributed by atoms with E-state index in [1.165, 1.54) is 22.3 Å². The van der Waals surface area contributed by atoms with Gasteiger partial charge in [0.05, 0.1) is 6.04 Å². The summed E-state index contributed by atoms with van der Waals surface area (Å²) in [5.41, 5.74) is 5.95. The van der Waals surface area contributed by atoms with Crippen molar-refractivity contribution in [2.75, 3.05) is 6.54 Å². The summed E-state index contributed by atoms with van der Waals surface area (Å²) in [5, 5.41) is 0. The lowest BCUT2D eigenvalue weighted by Gasteiger charge is -2.38. The van der Waals surface area contributed by atoms with Gasteiger partial charge in [-0.2, -0.15) is 0 Å². The van der Waals surface area contributed by atoms with Crippen LogP contribution < -0.4 is 0 Å². The van der Waals surface area contributed by atoms with Crippen molar-refractivity contribution in [2.45, 2.75) is 65.8 Å². The number of carbonyl (C=O) groups is 1. The lowest BCUT2D eigenvalue weighted by atomic mass is 9.87. The summed E-state index contributed by atoms with van der Waals surface area (Å²) in [4.78, 5) is 15.1. The molecular weight excluding hydrogens is 294 g/mol. The van der Waals surface area contributed by atoms with Crippen LogP contribution in [0.25, 0.3) is 5.57 Å². The molecule has 0 saturated carbocycles. The second-order valence-corrected chi connectivity index (χ2v) is 8.25. The van der Waals surface area contributed by atoms with Crippen LogP contribution in [0.15, 0.2) is 29.8 Å². The van der Waals surface area contributed by atoms with Crippen LogP contribution in [-0.2, 0) is 11.2 Å². The van der Waals surface area contributed by atoms with E-state index >= 15 is 0 Å². The minimum absolute atomic E-state index is 0.306. The van der Waals surface area contributed by atoms with Gasteiger partial charge in [0.2, 0.25) is 5.91 Å². The summed E-state index contributed by atoms with van der Waals surface area (Å²) in [6.45, 7) is 9.83. The Bertz CT molecular complexity index is 641. The molecule has 2 aliphatic rings. The van der Waals surface area contributed by atoms with E-state index in [9.17, 15) is 4.79 Å². The molecule has 1 heterocycles. The van der Waals surface area contributed by atoms with Crippen molar-refractivity contribution in [3.05, 3.63) is 41.0 Å². The number of nitrogens with zero attached hydrogens (tertiary/aromatic N) is 1. The molecule has 1 unspecified atom stereocenters. The fourth-order valence-electron chi connectivity index (χ4n) is 4.21. The number of carbonyl (C=O) groups excluding carboxylic acids is 1. The van der Waals surface area contributed by atoms with Crippen molar-refractivity contribution in [1.29, 1.82) is 0 Å². The molecule has 3 rings (SSSR count). The second-order valence-electron chi connectivity index (χ2n) is 8.25. The average Bonchev–Trinajstić information content (AvgIpc) is 2.91. The summed E-state index contributed by atoms with van der Waals surface area (Å²) in [6, 6.07) is 9.11. The SMILES string of the molecule is CC(C)CCC(=O)N1CCC2=C(Cc3ccccc32)C1CC(C)C. The number of hydrogen-bond donors (Lipinski definition) is 0. The maximum atomic E-state index is 12.9. The van der Waals surface area contributed by atoms with E-state index in [2.05, 4.69) is 56.9 Å². The number of benzene rings is 1. The standard InChI is InChI=1S/C22H31NO/c1-15(2)9-10-22(24)23-12-11-19-18-8-6-5-7-17(18)14-20(19)21(23)13-16(3)4/h5-8,15-16,21H,9-14H2,1-4H3. The Labute approximate surface area is 146 Å². The molecule has 0 aromatic heterocycles. The van der Waals surface area contributed by atoms with Crippen molar-refractivity contribution in [3.63, 3.8) is 0 Å². The fraction of sp³-hybridized carbons (Fsp3) is 0.591. The van der Waals surface area contributed by atoms with E-state index in [0.717, 1.165) is 32.2 Å². The van der Waals surface area contributed by atoms with Crippen LogP contribution in [0.4, 0.5) is 0 Å². The predicted octanol–water partition coefficient (Wildman–Crippen LogP) is 5.08. The molecule has 130 valence electrons. The average molecular weight is 325 g/mol. The Hall–Kier alpha value is -1.57. The van der Waals surface area contributed by atoms with Crippen LogP contribution in [0, 0.1) is 11.8 Å². The Morgan fingerprint density at radius 1 is 1.17 bits per heavy atom. The molecule has 2 nitrogen and oxygen atoms in total. The third-order valence-electron chi connectivity index (χ3n) is 5.44. The third-order valence-corrected chi connectivity index (χ3v) is 5.44. The van der Waals surface area contributed by atoms with E-state index in [4.69, 9.17) is 0 Å². The molecule has 1 amide bonds. The molecule has 0 saturated heterocycles. The van der Waals surface area contributed by atoms with E-state index in [1.54, 1.807) is 0 Å². The predicted molar refractivity (Wildman–Crippen MR) is 101 cm³/mol. The van der Waals surface area contributed by atoms with Gasteiger partial charge >= 0.3 is 0 Å². The summed E-state index contributed by atoms with van der Waals surface area (Å²) in [7, 11) is 0. The zero-order chi connectivity index (χ0) is 17.3. The first-order valence-corrected chi connectivity index (χ1v) is 9.57. The Morgan fingerprint density at radius 3 is 2.62 bits per heavy atom. The highest BCUT2D eigenvalue weighted by Crippen LogP contribution is 2.42. The van der Waals surface area contributed by atoms with E-state index in [0.29, 0.717) is 30.2 Å². The van der Waals surface area contributed by atoms with Gasteiger partial charge in [-0.3, -0.25) is 4.79 Å². The molecular formula is C22H31NO. The van der Waals surface area contributed by atoms with Gasteiger partial charge in [-0.25, -0.2) is 0 Å². The van der Waals surface area contributed by atoms with Gasteiger partial charge in [0, 0.05) is 13.0 Å². The highest BCUT2D eigenvalue weighted by atomic mass is 16.2. The highest BCUT2D eigenvalue weighted by Gasteiger charge is 2.36. The van der Waals surface area contributed by atoms with Crippen molar-refractivity contribution in [1.82, 2.24) is 4.90 Å². The van der Waals surface area contributed by atoms with Crippen molar-refractivity contribution >= 4 is 11.5 Å². The first-order chi connectivity index (χ1) is 11.5. The summed E-state index contributed by atoms with van der Waals surface area (Å²) >= 11 is 0. The van der Waals surface area contributed by atoms with Crippen LogP contribution in [0.1, 0.15) is 64.5 Å². The van der Waals surface area contributed by atoms with Crippen LogP contribution in [-0.4, -0.2) is 23.4 Å². The number of rotatable bonds is 5. The smallest absolute Gasteiger partial charge is 0.223 e. The Kier molecular flexibility index (Phi) is 5.12. The van der Waals surface area contributed by atoms with Crippen LogP contribution in [0.3, 0.4) is 0 Å². The molecule has 0 fully saturated rings.